The maximum Gasteiger partial charge on any atom is 0.270 e. The Hall–Kier alpha value is -2.44. The summed E-state index contributed by atoms with van der Waals surface area (Å²) in [6.45, 7) is 4.45. The van der Waals surface area contributed by atoms with E-state index in [4.69, 9.17) is 4.74 Å². The Kier molecular flexibility index (Phi) is 5.54. The van der Waals surface area contributed by atoms with Crippen molar-refractivity contribution in [3.8, 4) is 16.9 Å². The van der Waals surface area contributed by atoms with Crippen LogP contribution in [0.4, 0.5) is 5.69 Å². The zero-order valence-corrected chi connectivity index (χ0v) is 14.9. The fraction of sp³-hybridized carbons (Fsp3) is 0.400. The first-order valence-corrected chi connectivity index (χ1v) is 8.86. The first-order valence-electron chi connectivity index (χ1n) is 8.86. The van der Waals surface area contributed by atoms with Gasteiger partial charge in [0.15, 0.2) is 0 Å². The number of ether oxygens (including phenoxy) is 1. The Morgan fingerprint density at radius 1 is 1.19 bits per heavy atom. The molecule has 1 unspecified atom stereocenters. The van der Waals surface area contributed by atoms with Crippen LogP contribution in [-0.4, -0.2) is 46.8 Å². The Bertz CT molecular complexity index is 756. The number of rotatable bonds is 7. The van der Waals surface area contributed by atoms with Gasteiger partial charge in [0.2, 0.25) is 0 Å². The molecule has 1 heterocycles. The second kappa shape index (κ2) is 7.85. The van der Waals surface area contributed by atoms with E-state index in [1.807, 2.05) is 30.3 Å². The quantitative estimate of drug-likeness (QED) is 0.607. The van der Waals surface area contributed by atoms with Gasteiger partial charge >= 0.3 is 0 Å². The summed E-state index contributed by atoms with van der Waals surface area (Å²) in [6, 6.07) is 14.0. The maximum absolute atomic E-state index is 11.1. The first kappa shape index (κ1) is 18.4. The molecule has 2 aromatic rings. The molecule has 26 heavy (non-hydrogen) atoms. The molecular weight excluding hydrogens is 332 g/mol. The molecule has 1 N–H and O–H groups in total. The van der Waals surface area contributed by atoms with E-state index in [0.29, 0.717) is 17.9 Å². The van der Waals surface area contributed by atoms with Gasteiger partial charge in [-0.05, 0) is 44.5 Å². The van der Waals surface area contributed by atoms with Crippen LogP contribution in [0.5, 0.6) is 5.75 Å². The van der Waals surface area contributed by atoms with Crippen LogP contribution >= 0.6 is 0 Å². The summed E-state index contributed by atoms with van der Waals surface area (Å²) < 4.78 is 5.90. The monoisotopic (exact) mass is 356 g/mol. The average molecular weight is 356 g/mol. The largest absolute Gasteiger partial charge is 0.490 e. The number of likely N-dealkylation sites (tertiary alicyclic amines) is 1. The van der Waals surface area contributed by atoms with Crippen molar-refractivity contribution in [2.45, 2.75) is 25.4 Å². The maximum atomic E-state index is 11.1. The SMILES string of the molecule is CC(O)(COc1ccc([N+](=O)[O-])cc1-c1ccccc1)CN1CCCC1. The van der Waals surface area contributed by atoms with Crippen molar-refractivity contribution in [3.05, 3.63) is 58.6 Å². The molecule has 0 aliphatic carbocycles. The van der Waals surface area contributed by atoms with Crippen LogP contribution in [0.15, 0.2) is 48.5 Å². The minimum Gasteiger partial charge on any atom is -0.490 e. The van der Waals surface area contributed by atoms with Crippen LogP contribution in [0.25, 0.3) is 11.1 Å². The van der Waals surface area contributed by atoms with E-state index in [0.717, 1.165) is 31.5 Å². The molecule has 1 aliphatic heterocycles. The number of nitro groups is 1. The zero-order chi connectivity index (χ0) is 18.6. The number of aliphatic hydroxyl groups is 1. The lowest BCUT2D eigenvalue weighted by atomic mass is 10.0. The fourth-order valence-electron chi connectivity index (χ4n) is 3.30. The highest BCUT2D eigenvalue weighted by Gasteiger charge is 2.27. The molecule has 0 radical (unpaired) electrons. The van der Waals surface area contributed by atoms with Gasteiger partial charge in [-0.1, -0.05) is 30.3 Å². The summed E-state index contributed by atoms with van der Waals surface area (Å²) in [5.74, 6) is 0.531. The molecule has 1 fully saturated rings. The molecule has 0 spiro atoms. The van der Waals surface area contributed by atoms with Gasteiger partial charge in [-0.15, -0.1) is 0 Å². The minimum absolute atomic E-state index is 0.0139. The lowest BCUT2D eigenvalue weighted by Gasteiger charge is -2.29. The van der Waals surface area contributed by atoms with Crippen molar-refractivity contribution in [2.24, 2.45) is 0 Å². The predicted octanol–water partition coefficient (Wildman–Crippen LogP) is 3.49. The van der Waals surface area contributed by atoms with Crippen LogP contribution in [-0.2, 0) is 0 Å². The first-order chi connectivity index (χ1) is 12.4. The van der Waals surface area contributed by atoms with Gasteiger partial charge < -0.3 is 14.7 Å². The molecule has 2 aromatic carbocycles. The highest BCUT2D eigenvalue weighted by atomic mass is 16.6. The summed E-state index contributed by atoms with van der Waals surface area (Å²) in [4.78, 5) is 12.9. The number of nitro benzene ring substituents is 1. The van der Waals surface area contributed by atoms with E-state index in [1.165, 1.54) is 12.1 Å². The summed E-state index contributed by atoms with van der Waals surface area (Å²) in [5, 5.41) is 21.8. The molecule has 0 aromatic heterocycles. The third kappa shape index (κ3) is 4.59. The van der Waals surface area contributed by atoms with Gasteiger partial charge in [0.05, 0.1) is 4.92 Å². The predicted molar refractivity (Wildman–Crippen MR) is 100 cm³/mol. The smallest absolute Gasteiger partial charge is 0.270 e. The number of benzene rings is 2. The van der Waals surface area contributed by atoms with Gasteiger partial charge in [0.25, 0.3) is 5.69 Å². The highest BCUT2D eigenvalue weighted by Crippen LogP contribution is 2.34. The van der Waals surface area contributed by atoms with E-state index >= 15 is 0 Å². The second-order valence-electron chi connectivity index (χ2n) is 7.07. The molecule has 1 saturated heterocycles. The number of hydrogen-bond donors (Lipinski definition) is 1. The van der Waals surface area contributed by atoms with Crippen LogP contribution in [0.2, 0.25) is 0 Å². The molecule has 0 amide bonds. The Morgan fingerprint density at radius 3 is 2.54 bits per heavy atom. The number of nitrogens with zero attached hydrogens (tertiary/aromatic N) is 2. The van der Waals surface area contributed by atoms with Crippen LogP contribution in [0.3, 0.4) is 0 Å². The van der Waals surface area contributed by atoms with Crippen molar-refractivity contribution >= 4 is 5.69 Å². The summed E-state index contributed by atoms with van der Waals surface area (Å²) >= 11 is 0. The van der Waals surface area contributed by atoms with E-state index in [1.54, 1.807) is 13.0 Å². The molecule has 1 aliphatic rings. The molecule has 0 saturated carbocycles. The standard InChI is InChI=1S/C20H24N2O4/c1-20(23,14-21-11-5-6-12-21)15-26-19-10-9-17(22(24)25)13-18(19)16-7-3-2-4-8-16/h2-4,7-10,13,23H,5-6,11-12,14-15H2,1H3. The van der Waals surface area contributed by atoms with Gasteiger partial charge in [-0.25, -0.2) is 0 Å². The van der Waals surface area contributed by atoms with Crippen LogP contribution in [0, 0.1) is 10.1 Å². The van der Waals surface area contributed by atoms with Crippen molar-refractivity contribution in [1.29, 1.82) is 0 Å². The summed E-state index contributed by atoms with van der Waals surface area (Å²) in [7, 11) is 0. The Morgan fingerprint density at radius 2 is 1.88 bits per heavy atom. The number of β-amino-alcohol motifs (C(OH)–C–C–N with tert-alkyl or cyclic N) is 1. The topological polar surface area (TPSA) is 75.8 Å². The van der Waals surface area contributed by atoms with E-state index in [-0.39, 0.29) is 12.3 Å². The van der Waals surface area contributed by atoms with Gasteiger partial charge in [0, 0.05) is 24.2 Å². The van der Waals surface area contributed by atoms with Crippen LogP contribution in [0.1, 0.15) is 19.8 Å². The molecule has 0 bridgehead atoms. The molecule has 3 rings (SSSR count). The molecule has 6 heteroatoms. The number of non-ortho nitro benzene ring substituents is 1. The van der Waals surface area contributed by atoms with Crippen molar-refractivity contribution in [3.63, 3.8) is 0 Å². The van der Waals surface area contributed by atoms with Gasteiger partial charge in [-0.2, -0.15) is 0 Å². The van der Waals surface area contributed by atoms with Gasteiger partial charge in [0.1, 0.15) is 18.0 Å². The van der Waals surface area contributed by atoms with E-state index < -0.39 is 10.5 Å². The normalized spacial score (nSPS) is 17.0. The Labute approximate surface area is 153 Å². The van der Waals surface area contributed by atoms with Gasteiger partial charge in [-0.3, -0.25) is 10.1 Å². The summed E-state index contributed by atoms with van der Waals surface area (Å²) in [5.41, 5.74) is 0.516. The van der Waals surface area contributed by atoms with E-state index in [2.05, 4.69) is 4.90 Å². The van der Waals surface area contributed by atoms with Crippen molar-refractivity contribution < 1.29 is 14.8 Å². The minimum atomic E-state index is -0.986. The van der Waals surface area contributed by atoms with Crippen LogP contribution < -0.4 is 4.74 Å². The molecule has 1 atom stereocenters. The fourth-order valence-corrected chi connectivity index (χ4v) is 3.30. The molecule has 138 valence electrons. The molecular formula is C20H24N2O4. The third-order valence-electron chi connectivity index (χ3n) is 4.56. The Balaban J connectivity index is 1.79. The third-order valence-corrected chi connectivity index (χ3v) is 4.56. The number of hydrogen-bond acceptors (Lipinski definition) is 5. The lowest BCUT2D eigenvalue weighted by Crippen LogP contribution is -2.44. The average Bonchev–Trinajstić information content (AvgIpc) is 3.13. The van der Waals surface area contributed by atoms with Crippen molar-refractivity contribution in [2.75, 3.05) is 26.2 Å². The van der Waals surface area contributed by atoms with Crippen molar-refractivity contribution in [1.82, 2.24) is 4.90 Å². The molecule has 6 nitrogen and oxygen atoms in total. The van der Waals surface area contributed by atoms with E-state index in [9.17, 15) is 15.2 Å². The second-order valence-corrected chi connectivity index (χ2v) is 7.07. The summed E-state index contributed by atoms with van der Waals surface area (Å²) in [6.07, 6.45) is 2.33. The lowest BCUT2D eigenvalue weighted by molar-refractivity contribution is -0.384. The highest BCUT2D eigenvalue weighted by molar-refractivity contribution is 5.72. The zero-order valence-electron chi connectivity index (χ0n) is 14.9.